The van der Waals surface area contributed by atoms with E-state index in [2.05, 4.69) is 26.7 Å². The van der Waals surface area contributed by atoms with E-state index in [0.29, 0.717) is 47.8 Å². The van der Waals surface area contributed by atoms with Crippen molar-refractivity contribution in [2.45, 2.75) is 72.1 Å². The summed E-state index contributed by atoms with van der Waals surface area (Å²) in [7, 11) is 0. The molecule has 4 aliphatic carbocycles. The number of fused-ring (bicyclic) bond motifs is 5. The van der Waals surface area contributed by atoms with E-state index in [1.165, 1.54) is 25.7 Å². The summed E-state index contributed by atoms with van der Waals surface area (Å²) in [5.74, 6) is 6.26. The number of carbonyl (C=O) groups excluding carboxylic acids is 2. The minimum atomic E-state index is -0.0717. The second-order valence-corrected chi connectivity index (χ2v) is 10.1. The van der Waals surface area contributed by atoms with Crippen molar-refractivity contribution < 1.29 is 9.59 Å². The van der Waals surface area contributed by atoms with Gasteiger partial charge >= 0.3 is 0 Å². The Balaban J connectivity index is 1.66. The highest BCUT2D eigenvalue weighted by atomic mass is 16.1. The van der Waals surface area contributed by atoms with Crippen LogP contribution >= 0.6 is 0 Å². The van der Waals surface area contributed by atoms with Crippen LogP contribution in [0.4, 0.5) is 0 Å². The molecule has 4 aliphatic rings. The van der Waals surface area contributed by atoms with Gasteiger partial charge in [0.1, 0.15) is 0 Å². The molecule has 0 aliphatic heterocycles. The van der Waals surface area contributed by atoms with Gasteiger partial charge in [0.15, 0.2) is 11.6 Å². The molecule has 0 bridgehead atoms. The molecular formula is C24H32O2. The molecular weight excluding hydrogens is 320 g/mol. The fourth-order valence-corrected chi connectivity index (χ4v) is 7.69. The van der Waals surface area contributed by atoms with Crippen molar-refractivity contribution in [3.8, 4) is 12.3 Å². The van der Waals surface area contributed by atoms with Gasteiger partial charge < -0.3 is 0 Å². The van der Waals surface area contributed by atoms with Crippen LogP contribution in [0.3, 0.4) is 0 Å². The molecule has 26 heavy (non-hydrogen) atoms. The van der Waals surface area contributed by atoms with Crippen molar-refractivity contribution in [1.82, 2.24) is 0 Å². The van der Waals surface area contributed by atoms with Gasteiger partial charge in [-0.3, -0.25) is 9.59 Å². The fourth-order valence-electron chi connectivity index (χ4n) is 7.69. The summed E-state index contributed by atoms with van der Waals surface area (Å²) in [4.78, 5) is 24.9. The minimum Gasteiger partial charge on any atom is -0.295 e. The number of ketones is 2. The van der Waals surface area contributed by atoms with Crippen molar-refractivity contribution >= 4 is 11.6 Å². The van der Waals surface area contributed by atoms with Crippen LogP contribution in [0.1, 0.15) is 72.1 Å². The molecule has 4 rings (SSSR count). The second kappa shape index (κ2) is 6.08. The molecule has 0 aromatic rings. The number of terminal acetylenes is 1. The normalized spacial score (nSPS) is 45.8. The number of Topliss-reactive ketones (excluding diaryl/α,β-unsaturated/α-hetero) is 1. The zero-order valence-electron chi connectivity index (χ0n) is 16.5. The van der Waals surface area contributed by atoms with Crippen LogP contribution in [0.5, 0.6) is 0 Å². The minimum absolute atomic E-state index is 0.0717. The molecule has 2 heteroatoms. The maximum absolute atomic E-state index is 13.0. The molecule has 0 saturated heterocycles. The van der Waals surface area contributed by atoms with Crippen molar-refractivity contribution in [2.24, 2.45) is 40.4 Å². The number of hydrogen-bond donors (Lipinski definition) is 0. The van der Waals surface area contributed by atoms with Gasteiger partial charge in [-0.1, -0.05) is 20.8 Å². The molecule has 0 radical (unpaired) electrons. The quantitative estimate of drug-likeness (QED) is 0.657. The Labute approximate surface area is 158 Å². The summed E-state index contributed by atoms with van der Waals surface area (Å²) in [6, 6.07) is 0. The maximum Gasteiger partial charge on any atom is 0.159 e. The third-order valence-electron chi connectivity index (χ3n) is 8.99. The molecule has 0 aromatic heterocycles. The molecule has 3 saturated carbocycles. The van der Waals surface area contributed by atoms with Gasteiger partial charge in [-0.25, -0.2) is 0 Å². The molecule has 0 amide bonds. The van der Waals surface area contributed by atoms with E-state index in [1.807, 2.05) is 0 Å². The molecule has 7 atom stereocenters. The molecule has 2 nitrogen and oxygen atoms in total. The first kappa shape index (κ1) is 18.0. The number of allylic oxidation sites excluding steroid dienone is 1. The van der Waals surface area contributed by atoms with E-state index in [9.17, 15) is 9.59 Å². The van der Waals surface area contributed by atoms with E-state index < -0.39 is 0 Å². The van der Waals surface area contributed by atoms with E-state index in [-0.39, 0.29) is 17.0 Å². The Morgan fingerprint density at radius 3 is 2.69 bits per heavy atom. The number of rotatable bonds is 2. The Morgan fingerprint density at radius 1 is 1.19 bits per heavy atom. The Kier molecular flexibility index (Phi) is 4.22. The van der Waals surface area contributed by atoms with Crippen molar-refractivity contribution in [2.75, 3.05) is 0 Å². The molecule has 0 N–H and O–H groups in total. The standard InChI is InChI=1S/C24H32O2/c1-5-6-15(2)18-7-8-19-17-14-22(26)21-13-16(25)9-11-24(21,4)20(17)10-12-23(18,19)3/h1,13,15,17-20H,6-12,14H2,2-4H3/t15?,17?,18?,19?,20?,23-,24-/m1/s1. The highest BCUT2D eigenvalue weighted by molar-refractivity contribution is 6.05. The first-order valence-electron chi connectivity index (χ1n) is 10.5. The molecule has 3 fully saturated rings. The van der Waals surface area contributed by atoms with Gasteiger partial charge in [0.05, 0.1) is 0 Å². The number of carbonyl (C=O) groups is 2. The third kappa shape index (κ3) is 2.39. The molecule has 0 spiro atoms. The van der Waals surface area contributed by atoms with Gasteiger partial charge in [-0.2, -0.15) is 0 Å². The first-order valence-corrected chi connectivity index (χ1v) is 10.5. The monoisotopic (exact) mass is 352 g/mol. The van der Waals surface area contributed by atoms with Crippen LogP contribution in [0, 0.1) is 52.8 Å². The number of hydrogen-bond acceptors (Lipinski definition) is 2. The molecule has 5 unspecified atom stereocenters. The summed E-state index contributed by atoms with van der Waals surface area (Å²) in [6.07, 6.45) is 15.3. The highest BCUT2D eigenvalue weighted by Crippen LogP contribution is 2.67. The predicted octanol–water partition coefficient (Wildman–Crippen LogP) is 4.97. The lowest BCUT2D eigenvalue weighted by molar-refractivity contribution is -0.131. The van der Waals surface area contributed by atoms with Crippen LogP contribution in [0.25, 0.3) is 0 Å². The van der Waals surface area contributed by atoms with E-state index >= 15 is 0 Å². The maximum atomic E-state index is 13.0. The van der Waals surface area contributed by atoms with Crippen molar-refractivity contribution in [1.29, 1.82) is 0 Å². The molecule has 0 heterocycles. The summed E-state index contributed by atoms with van der Waals surface area (Å²) in [5, 5.41) is 0. The Bertz CT molecular complexity index is 710. The van der Waals surface area contributed by atoms with E-state index in [1.54, 1.807) is 6.08 Å². The highest BCUT2D eigenvalue weighted by Gasteiger charge is 2.60. The van der Waals surface area contributed by atoms with E-state index in [0.717, 1.165) is 18.4 Å². The van der Waals surface area contributed by atoms with Gasteiger partial charge in [-0.05, 0) is 78.6 Å². The summed E-state index contributed by atoms with van der Waals surface area (Å²) in [5.41, 5.74) is 1.12. The second-order valence-electron chi connectivity index (χ2n) is 10.1. The fraction of sp³-hybridized carbons (Fsp3) is 0.750. The average molecular weight is 353 g/mol. The SMILES string of the molecule is C#CCC(C)C1CCC2C3CC(=O)C4=CC(=O)CC[C@]4(C)C3CC[C@]12C. The molecule has 140 valence electrons. The molecule has 0 aromatic carbocycles. The van der Waals surface area contributed by atoms with Crippen LogP contribution in [0.15, 0.2) is 11.6 Å². The summed E-state index contributed by atoms with van der Waals surface area (Å²) >= 11 is 0. The summed E-state index contributed by atoms with van der Waals surface area (Å²) < 4.78 is 0. The van der Waals surface area contributed by atoms with Gasteiger partial charge in [0.2, 0.25) is 0 Å². The van der Waals surface area contributed by atoms with Crippen LogP contribution in [-0.4, -0.2) is 11.6 Å². The van der Waals surface area contributed by atoms with Crippen molar-refractivity contribution in [3.05, 3.63) is 11.6 Å². The summed E-state index contributed by atoms with van der Waals surface area (Å²) in [6.45, 7) is 7.09. The first-order chi connectivity index (χ1) is 12.3. The lowest BCUT2D eigenvalue weighted by Gasteiger charge is -2.57. The van der Waals surface area contributed by atoms with E-state index in [4.69, 9.17) is 6.42 Å². The Morgan fingerprint density at radius 2 is 1.96 bits per heavy atom. The van der Waals surface area contributed by atoms with Gasteiger partial charge in [0.25, 0.3) is 0 Å². The van der Waals surface area contributed by atoms with Crippen LogP contribution in [0.2, 0.25) is 0 Å². The zero-order valence-corrected chi connectivity index (χ0v) is 16.5. The third-order valence-corrected chi connectivity index (χ3v) is 8.99. The average Bonchev–Trinajstić information content (AvgIpc) is 2.94. The zero-order chi connectivity index (χ0) is 18.7. The largest absolute Gasteiger partial charge is 0.295 e. The van der Waals surface area contributed by atoms with Gasteiger partial charge in [-0.15, -0.1) is 12.3 Å². The predicted molar refractivity (Wildman–Crippen MR) is 103 cm³/mol. The lowest BCUT2D eigenvalue weighted by Crippen LogP contribution is -2.53. The van der Waals surface area contributed by atoms with Crippen LogP contribution in [-0.2, 0) is 9.59 Å². The van der Waals surface area contributed by atoms with Crippen LogP contribution < -0.4 is 0 Å². The van der Waals surface area contributed by atoms with Gasteiger partial charge in [0, 0.05) is 24.8 Å². The Hall–Kier alpha value is -1.36. The lowest BCUT2D eigenvalue weighted by atomic mass is 9.46. The smallest absolute Gasteiger partial charge is 0.159 e. The topological polar surface area (TPSA) is 34.1 Å². The van der Waals surface area contributed by atoms with Crippen molar-refractivity contribution in [3.63, 3.8) is 0 Å².